The molecule has 1 unspecified atom stereocenters. The lowest BCUT2D eigenvalue weighted by Gasteiger charge is -2.10. The molecule has 0 saturated carbocycles. The summed E-state index contributed by atoms with van der Waals surface area (Å²) in [7, 11) is 0. The van der Waals surface area contributed by atoms with E-state index in [2.05, 4.69) is 35.1 Å². The van der Waals surface area contributed by atoms with Crippen LogP contribution in [0.1, 0.15) is 22.1 Å². The van der Waals surface area contributed by atoms with Gasteiger partial charge in [0.15, 0.2) is 0 Å². The summed E-state index contributed by atoms with van der Waals surface area (Å²) in [6, 6.07) is 14.1. The quantitative estimate of drug-likeness (QED) is 0.709. The largest absolute Gasteiger partial charge is 0.323 e. The molecule has 0 fully saturated rings. The fourth-order valence-corrected chi connectivity index (χ4v) is 2.72. The summed E-state index contributed by atoms with van der Waals surface area (Å²) >= 11 is 6.50. The van der Waals surface area contributed by atoms with Crippen molar-refractivity contribution >= 4 is 22.6 Å². The van der Waals surface area contributed by atoms with Crippen molar-refractivity contribution in [2.45, 2.75) is 18.7 Å². The molecule has 0 bridgehead atoms. The Morgan fingerprint density at radius 2 is 1.90 bits per heavy atom. The van der Waals surface area contributed by atoms with Crippen molar-refractivity contribution in [3.8, 4) is 0 Å². The monoisotopic (exact) mass is 286 g/mol. The molecule has 1 aromatic heterocycles. The third-order valence-corrected chi connectivity index (χ3v) is 3.81. The number of hydrogen-bond acceptors (Lipinski definition) is 1. The van der Waals surface area contributed by atoms with E-state index >= 15 is 0 Å². The van der Waals surface area contributed by atoms with Crippen LogP contribution in [0.5, 0.6) is 0 Å². The molecular formula is C16H15ClN2O. The van der Waals surface area contributed by atoms with E-state index < -0.39 is 0 Å². The minimum Gasteiger partial charge on any atom is -0.306 e. The number of halogens is 1. The van der Waals surface area contributed by atoms with Gasteiger partial charge in [-0.25, -0.2) is 4.79 Å². The Morgan fingerprint density at radius 1 is 1.10 bits per heavy atom. The second-order valence-corrected chi connectivity index (χ2v) is 5.57. The summed E-state index contributed by atoms with van der Waals surface area (Å²) in [6.45, 7) is 2.07. The van der Waals surface area contributed by atoms with Crippen molar-refractivity contribution in [1.82, 2.24) is 9.97 Å². The zero-order valence-electron chi connectivity index (χ0n) is 11.1. The molecule has 0 radical (unpaired) electrons. The predicted octanol–water partition coefficient (Wildman–Crippen LogP) is 3.69. The van der Waals surface area contributed by atoms with Gasteiger partial charge in [0.05, 0.1) is 16.4 Å². The number of aromatic amines is 2. The first-order chi connectivity index (χ1) is 9.61. The van der Waals surface area contributed by atoms with E-state index in [1.165, 1.54) is 11.1 Å². The van der Waals surface area contributed by atoms with E-state index in [9.17, 15) is 4.79 Å². The second-order valence-electron chi connectivity index (χ2n) is 5.04. The highest BCUT2D eigenvalue weighted by Crippen LogP contribution is 2.27. The lowest BCUT2D eigenvalue weighted by molar-refractivity contribution is 0.920. The Balaban J connectivity index is 1.88. The molecule has 0 aliphatic heterocycles. The molecule has 0 amide bonds. The third-order valence-electron chi connectivity index (χ3n) is 3.40. The van der Waals surface area contributed by atoms with Gasteiger partial charge in [-0.3, -0.25) is 0 Å². The van der Waals surface area contributed by atoms with Crippen molar-refractivity contribution in [3.63, 3.8) is 0 Å². The van der Waals surface area contributed by atoms with Gasteiger partial charge in [0.1, 0.15) is 0 Å². The highest BCUT2D eigenvalue weighted by molar-refractivity contribution is 6.21. The number of benzene rings is 2. The average Bonchev–Trinajstić information content (AvgIpc) is 2.77. The Morgan fingerprint density at radius 3 is 2.70 bits per heavy atom. The maximum absolute atomic E-state index is 11.3. The smallest absolute Gasteiger partial charge is 0.306 e. The zero-order chi connectivity index (χ0) is 14.1. The van der Waals surface area contributed by atoms with Crippen LogP contribution < -0.4 is 5.69 Å². The molecule has 3 nitrogen and oxygen atoms in total. The van der Waals surface area contributed by atoms with Gasteiger partial charge in [-0.05, 0) is 36.6 Å². The van der Waals surface area contributed by atoms with E-state index in [4.69, 9.17) is 11.6 Å². The van der Waals surface area contributed by atoms with Crippen molar-refractivity contribution in [1.29, 1.82) is 0 Å². The van der Waals surface area contributed by atoms with Gasteiger partial charge in [0.25, 0.3) is 0 Å². The van der Waals surface area contributed by atoms with E-state index in [0.29, 0.717) is 0 Å². The minimum absolute atomic E-state index is 0.111. The lowest BCUT2D eigenvalue weighted by atomic mass is 10.0. The summed E-state index contributed by atoms with van der Waals surface area (Å²) in [6.07, 6.45) is 0.767. The van der Waals surface area contributed by atoms with Gasteiger partial charge in [0, 0.05) is 0 Å². The molecule has 20 heavy (non-hydrogen) atoms. The number of rotatable bonds is 3. The molecule has 0 aliphatic carbocycles. The molecule has 0 spiro atoms. The number of fused-ring (bicyclic) bond motifs is 1. The van der Waals surface area contributed by atoms with Crippen LogP contribution in [0.2, 0.25) is 0 Å². The van der Waals surface area contributed by atoms with Gasteiger partial charge >= 0.3 is 5.69 Å². The Bertz CT molecular complexity index is 803. The molecular weight excluding hydrogens is 272 g/mol. The summed E-state index contributed by atoms with van der Waals surface area (Å²) < 4.78 is 0. The van der Waals surface area contributed by atoms with Crippen LogP contribution in [0.15, 0.2) is 47.3 Å². The molecule has 1 atom stereocenters. The van der Waals surface area contributed by atoms with Crippen LogP contribution in [0.3, 0.4) is 0 Å². The topological polar surface area (TPSA) is 48.6 Å². The van der Waals surface area contributed by atoms with Crippen LogP contribution >= 0.6 is 11.6 Å². The van der Waals surface area contributed by atoms with Crippen LogP contribution in [-0.2, 0) is 6.42 Å². The molecule has 2 N–H and O–H groups in total. The minimum atomic E-state index is -0.193. The first-order valence-corrected chi connectivity index (χ1v) is 6.97. The highest BCUT2D eigenvalue weighted by Gasteiger charge is 2.10. The number of H-pyrrole nitrogens is 2. The summed E-state index contributed by atoms with van der Waals surface area (Å²) in [4.78, 5) is 16.7. The van der Waals surface area contributed by atoms with Gasteiger partial charge in [-0.2, -0.15) is 0 Å². The Labute approximate surface area is 121 Å². The fourth-order valence-electron chi connectivity index (χ4n) is 2.41. The molecule has 0 saturated heterocycles. The van der Waals surface area contributed by atoms with Crippen molar-refractivity contribution in [2.24, 2.45) is 0 Å². The van der Waals surface area contributed by atoms with Crippen molar-refractivity contribution < 1.29 is 0 Å². The second kappa shape index (κ2) is 5.17. The van der Waals surface area contributed by atoms with E-state index in [1.54, 1.807) is 0 Å². The van der Waals surface area contributed by atoms with Crippen LogP contribution in [-0.4, -0.2) is 9.97 Å². The maximum atomic E-state index is 11.3. The molecule has 0 aliphatic rings. The molecule has 102 valence electrons. The molecule has 1 heterocycles. The first kappa shape index (κ1) is 13.0. The molecule has 3 aromatic rings. The van der Waals surface area contributed by atoms with Gasteiger partial charge in [-0.15, -0.1) is 11.6 Å². The lowest BCUT2D eigenvalue weighted by Crippen LogP contribution is -1.99. The van der Waals surface area contributed by atoms with E-state index in [0.717, 1.165) is 23.0 Å². The van der Waals surface area contributed by atoms with Crippen molar-refractivity contribution in [3.05, 3.63) is 69.6 Å². The van der Waals surface area contributed by atoms with Crippen LogP contribution in [0, 0.1) is 6.92 Å². The Kier molecular flexibility index (Phi) is 3.36. The van der Waals surface area contributed by atoms with Crippen molar-refractivity contribution in [2.75, 3.05) is 0 Å². The SMILES string of the molecule is Cc1cccc(CC(Cl)c2ccc3[nH]c(=O)[nH]c3c2)c1. The van der Waals surface area contributed by atoms with Gasteiger partial charge in [-0.1, -0.05) is 35.9 Å². The zero-order valence-corrected chi connectivity index (χ0v) is 11.9. The first-order valence-electron chi connectivity index (χ1n) is 6.53. The third kappa shape index (κ3) is 2.63. The molecule has 4 heteroatoms. The Hall–Kier alpha value is -2.00. The average molecular weight is 287 g/mol. The van der Waals surface area contributed by atoms with Gasteiger partial charge < -0.3 is 9.97 Å². The van der Waals surface area contributed by atoms with Crippen LogP contribution in [0.25, 0.3) is 11.0 Å². The number of nitrogens with one attached hydrogen (secondary N) is 2. The number of aryl methyl sites for hydroxylation is 1. The predicted molar refractivity (Wildman–Crippen MR) is 82.4 cm³/mol. The molecule has 3 rings (SSSR count). The number of aromatic nitrogens is 2. The normalized spacial score (nSPS) is 12.7. The number of imidazole rings is 1. The summed E-state index contributed by atoms with van der Waals surface area (Å²) in [5.74, 6) is 0. The maximum Gasteiger partial charge on any atom is 0.323 e. The fraction of sp³-hybridized carbons (Fsp3) is 0.188. The van der Waals surface area contributed by atoms with Gasteiger partial charge in [0.2, 0.25) is 0 Å². The summed E-state index contributed by atoms with van der Waals surface area (Å²) in [5, 5.41) is -0.111. The highest BCUT2D eigenvalue weighted by atomic mass is 35.5. The van der Waals surface area contributed by atoms with E-state index in [-0.39, 0.29) is 11.1 Å². The standard InChI is InChI=1S/C16H15ClN2O/c1-10-3-2-4-11(7-10)8-13(17)12-5-6-14-15(9-12)19-16(20)18-14/h2-7,9,13H,8H2,1H3,(H2,18,19,20). The van der Waals surface area contributed by atoms with Crippen LogP contribution in [0.4, 0.5) is 0 Å². The number of hydrogen-bond donors (Lipinski definition) is 2. The number of alkyl halides is 1. The molecule has 2 aromatic carbocycles. The summed E-state index contributed by atoms with van der Waals surface area (Å²) in [5.41, 5.74) is 4.86. The van der Waals surface area contributed by atoms with E-state index in [1.807, 2.05) is 24.3 Å².